The van der Waals surface area contributed by atoms with Gasteiger partial charge in [-0.05, 0) is 39.0 Å². The van der Waals surface area contributed by atoms with Crippen molar-refractivity contribution in [3.8, 4) is 5.75 Å². The van der Waals surface area contributed by atoms with Crippen LogP contribution in [0, 0.1) is 6.92 Å². The van der Waals surface area contributed by atoms with Crippen LogP contribution < -0.4 is 10.1 Å². The number of hydrogen-bond acceptors (Lipinski definition) is 3. The fraction of sp³-hybridized carbons (Fsp3) is 0.333. The van der Waals surface area contributed by atoms with Crippen LogP contribution in [0.1, 0.15) is 25.0 Å². The number of nitrogens with one attached hydrogen (secondary N) is 1. The maximum atomic E-state index is 11.7. The number of carbonyl (C=O) groups is 2. The van der Waals surface area contributed by atoms with Crippen LogP contribution in [0.25, 0.3) is 6.08 Å². The molecule has 0 heterocycles. The monoisotopic (exact) mass is 277 g/mol. The highest BCUT2D eigenvalue weighted by Crippen LogP contribution is 2.20. The van der Waals surface area contributed by atoms with Crippen LogP contribution in [-0.2, 0) is 9.59 Å². The summed E-state index contributed by atoms with van der Waals surface area (Å²) < 4.78 is 5.19. The van der Waals surface area contributed by atoms with Crippen LogP contribution in [0.5, 0.6) is 5.75 Å². The van der Waals surface area contributed by atoms with Crippen molar-refractivity contribution in [3.05, 3.63) is 35.4 Å². The first-order valence-electron chi connectivity index (χ1n) is 6.14. The van der Waals surface area contributed by atoms with E-state index >= 15 is 0 Å². The Kier molecular flexibility index (Phi) is 4.91. The molecule has 0 aliphatic rings. The van der Waals surface area contributed by atoms with E-state index < -0.39 is 17.4 Å². The summed E-state index contributed by atoms with van der Waals surface area (Å²) in [7, 11) is 1.55. The number of aryl methyl sites for hydroxylation is 1. The minimum Gasteiger partial charge on any atom is -0.496 e. The van der Waals surface area contributed by atoms with Crippen LogP contribution in [0.15, 0.2) is 24.3 Å². The second-order valence-electron chi connectivity index (χ2n) is 5.00. The maximum Gasteiger partial charge on any atom is 0.328 e. The van der Waals surface area contributed by atoms with Gasteiger partial charge in [-0.3, -0.25) is 4.79 Å². The molecule has 0 aromatic heterocycles. The van der Waals surface area contributed by atoms with Crippen LogP contribution in [0.3, 0.4) is 0 Å². The molecule has 1 aromatic carbocycles. The number of amides is 1. The van der Waals surface area contributed by atoms with Gasteiger partial charge < -0.3 is 15.2 Å². The van der Waals surface area contributed by atoms with Crippen molar-refractivity contribution < 1.29 is 19.4 Å². The lowest BCUT2D eigenvalue weighted by Gasteiger charge is -2.19. The summed E-state index contributed by atoms with van der Waals surface area (Å²) >= 11 is 0. The van der Waals surface area contributed by atoms with Crippen molar-refractivity contribution in [3.63, 3.8) is 0 Å². The summed E-state index contributed by atoms with van der Waals surface area (Å²) in [5.74, 6) is -0.912. The van der Waals surface area contributed by atoms with Gasteiger partial charge in [0.1, 0.15) is 11.3 Å². The quantitative estimate of drug-likeness (QED) is 0.807. The summed E-state index contributed by atoms with van der Waals surface area (Å²) in [4.78, 5) is 22.6. The molecule has 20 heavy (non-hydrogen) atoms. The van der Waals surface area contributed by atoms with Gasteiger partial charge in [-0.15, -0.1) is 0 Å². The first-order valence-corrected chi connectivity index (χ1v) is 6.14. The predicted octanol–water partition coefficient (Wildman–Crippen LogP) is 2.00. The summed E-state index contributed by atoms with van der Waals surface area (Å²) in [6.07, 6.45) is 2.89. The first kappa shape index (κ1) is 15.8. The molecule has 0 aliphatic heterocycles. The van der Waals surface area contributed by atoms with E-state index in [9.17, 15) is 9.59 Å². The second kappa shape index (κ2) is 6.23. The molecule has 5 heteroatoms. The van der Waals surface area contributed by atoms with Gasteiger partial charge in [0.2, 0.25) is 5.91 Å². The molecule has 0 bridgehead atoms. The summed E-state index contributed by atoms with van der Waals surface area (Å²) in [5.41, 5.74) is 0.491. The summed E-state index contributed by atoms with van der Waals surface area (Å²) in [6.45, 7) is 4.78. The van der Waals surface area contributed by atoms with Crippen molar-refractivity contribution in [2.45, 2.75) is 26.3 Å². The molecule has 1 amide bonds. The highest BCUT2D eigenvalue weighted by molar-refractivity contribution is 5.95. The third kappa shape index (κ3) is 4.12. The Balaban J connectivity index is 2.85. The van der Waals surface area contributed by atoms with Crippen LogP contribution >= 0.6 is 0 Å². The Morgan fingerprint density at radius 1 is 1.35 bits per heavy atom. The van der Waals surface area contributed by atoms with Crippen molar-refractivity contribution >= 4 is 18.0 Å². The molecule has 1 aromatic rings. The lowest BCUT2D eigenvalue weighted by atomic mass is 10.1. The minimum atomic E-state index is -1.31. The Hall–Kier alpha value is -2.30. The number of carbonyl (C=O) groups excluding carboxylic acids is 1. The van der Waals surface area contributed by atoms with Gasteiger partial charge in [0, 0.05) is 11.6 Å². The average Bonchev–Trinajstić information content (AvgIpc) is 2.35. The van der Waals surface area contributed by atoms with Crippen molar-refractivity contribution in [1.29, 1.82) is 0 Å². The number of carboxylic acids is 1. The molecule has 0 atom stereocenters. The zero-order valence-electron chi connectivity index (χ0n) is 12.1. The summed E-state index contributed by atoms with van der Waals surface area (Å²) in [5, 5.41) is 11.3. The molecule has 5 nitrogen and oxygen atoms in total. The number of ether oxygens (including phenoxy) is 1. The van der Waals surface area contributed by atoms with Gasteiger partial charge in [-0.25, -0.2) is 4.79 Å². The van der Waals surface area contributed by atoms with E-state index in [4.69, 9.17) is 9.84 Å². The van der Waals surface area contributed by atoms with E-state index in [1.165, 1.54) is 19.9 Å². The topological polar surface area (TPSA) is 75.6 Å². The fourth-order valence-corrected chi connectivity index (χ4v) is 1.55. The molecule has 0 fully saturated rings. The third-order valence-corrected chi connectivity index (χ3v) is 2.77. The van der Waals surface area contributed by atoms with E-state index in [2.05, 4.69) is 5.32 Å². The van der Waals surface area contributed by atoms with Crippen molar-refractivity contribution in [1.82, 2.24) is 5.32 Å². The van der Waals surface area contributed by atoms with Gasteiger partial charge >= 0.3 is 5.97 Å². The van der Waals surface area contributed by atoms with E-state index in [-0.39, 0.29) is 0 Å². The first-order chi connectivity index (χ1) is 9.26. The summed E-state index contributed by atoms with van der Waals surface area (Å²) in [6, 6.07) is 5.60. The van der Waals surface area contributed by atoms with Crippen LogP contribution in [0.4, 0.5) is 0 Å². The maximum absolute atomic E-state index is 11.7. The number of rotatable bonds is 5. The van der Waals surface area contributed by atoms with E-state index in [0.29, 0.717) is 5.75 Å². The lowest BCUT2D eigenvalue weighted by molar-refractivity contribution is -0.145. The van der Waals surface area contributed by atoms with E-state index in [0.717, 1.165) is 11.1 Å². The lowest BCUT2D eigenvalue weighted by Crippen LogP contribution is -2.49. The molecule has 1 rings (SSSR count). The third-order valence-electron chi connectivity index (χ3n) is 2.77. The number of carboxylic acid groups (broad SMARTS) is 1. The van der Waals surface area contributed by atoms with Crippen LogP contribution in [0.2, 0.25) is 0 Å². The zero-order valence-corrected chi connectivity index (χ0v) is 12.1. The van der Waals surface area contributed by atoms with Gasteiger partial charge in [0.05, 0.1) is 7.11 Å². The molecule has 2 N–H and O–H groups in total. The van der Waals surface area contributed by atoms with Crippen LogP contribution in [-0.4, -0.2) is 29.6 Å². The number of hydrogen-bond donors (Lipinski definition) is 2. The molecular weight excluding hydrogens is 258 g/mol. The van der Waals surface area contributed by atoms with Gasteiger partial charge in [-0.2, -0.15) is 0 Å². The van der Waals surface area contributed by atoms with Crippen molar-refractivity contribution in [2.75, 3.05) is 7.11 Å². The van der Waals surface area contributed by atoms with E-state index in [1.807, 2.05) is 25.1 Å². The molecule has 108 valence electrons. The Labute approximate surface area is 118 Å². The van der Waals surface area contributed by atoms with Gasteiger partial charge in [0.25, 0.3) is 0 Å². The van der Waals surface area contributed by atoms with Gasteiger partial charge in [-0.1, -0.05) is 11.6 Å². The van der Waals surface area contributed by atoms with Gasteiger partial charge in [0.15, 0.2) is 0 Å². The Morgan fingerprint density at radius 3 is 2.55 bits per heavy atom. The number of aliphatic carboxylic acids is 1. The second-order valence-corrected chi connectivity index (χ2v) is 5.00. The average molecular weight is 277 g/mol. The highest BCUT2D eigenvalue weighted by atomic mass is 16.5. The molecule has 0 saturated heterocycles. The molecule has 0 saturated carbocycles. The fourth-order valence-electron chi connectivity index (χ4n) is 1.55. The standard InChI is InChI=1S/C15H19NO4/c1-10-5-7-12(20-4)11(9-10)6-8-13(17)16-15(2,3)14(18)19/h5-9H,1-4H3,(H,16,17)(H,18,19). The SMILES string of the molecule is COc1ccc(C)cc1C=CC(=O)NC(C)(C)C(=O)O. The molecule has 0 unspecified atom stereocenters. The number of methoxy groups -OCH3 is 1. The highest BCUT2D eigenvalue weighted by Gasteiger charge is 2.27. The smallest absolute Gasteiger partial charge is 0.328 e. The normalized spacial score (nSPS) is 11.4. The van der Waals surface area contributed by atoms with E-state index in [1.54, 1.807) is 13.2 Å². The Morgan fingerprint density at radius 2 is 2.00 bits per heavy atom. The van der Waals surface area contributed by atoms with Crippen molar-refractivity contribution in [2.24, 2.45) is 0 Å². The predicted molar refractivity (Wildman–Crippen MR) is 76.6 cm³/mol. The molecule has 0 spiro atoms. The number of benzene rings is 1. The largest absolute Gasteiger partial charge is 0.496 e. The molecule has 0 aliphatic carbocycles. The Bertz CT molecular complexity index is 547. The molecular formula is C15H19NO4. The zero-order chi connectivity index (χ0) is 15.3. The minimum absolute atomic E-state index is 0.471. The molecule has 0 radical (unpaired) electrons.